The van der Waals surface area contributed by atoms with Crippen LogP contribution in [-0.2, 0) is 13.0 Å². The highest BCUT2D eigenvalue weighted by Gasteiger charge is 2.16. The molecule has 3 aromatic rings. The lowest BCUT2D eigenvalue weighted by molar-refractivity contribution is 0.101. The molecule has 0 spiro atoms. The highest BCUT2D eigenvalue weighted by atomic mass is 16.5. The van der Waals surface area contributed by atoms with E-state index in [9.17, 15) is 14.7 Å². The second-order valence-corrected chi connectivity index (χ2v) is 5.97. The molecule has 1 aromatic carbocycles. The Balaban J connectivity index is 1.95. The van der Waals surface area contributed by atoms with Gasteiger partial charge in [-0.3, -0.25) is 14.0 Å². The normalized spacial score (nSPS) is 10.8. The molecule has 0 atom stereocenters. The summed E-state index contributed by atoms with van der Waals surface area (Å²) in [5.74, 6) is 0.292. The largest absolute Gasteiger partial charge is 0.507 e. The second kappa shape index (κ2) is 7.39. The predicted octanol–water partition coefficient (Wildman–Crippen LogP) is 2.93. The molecule has 1 radical (unpaired) electrons. The van der Waals surface area contributed by atoms with E-state index in [1.54, 1.807) is 24.4 Å². The summed E-state index contributed by atoms with van der Waals surface area (Å²) in [6.07, 6.45) is 4.36. The van der Waals surface area contributed by atoms with E-state index < -0.39 is 0 Å². The lowest BCUT2D eigenvalue weighted by Gasteiger charge is -2.15. The van der Waals surface area contributed by atoms with Crippen LogP contribution in [0.4, 0.5) is 0 Å². The van der Waals surface area contributed by atoms with E-state index in [4.69, 9.17) is 4.74 Å². The molecule has 6 heteroatoms. The van der Waals surface area contributed by atoms with E-state index in [2.05, 4.69) is 11.1 Å². The molecule has 0 fully saturated rings. The molecule has 0 saturated heterocycles. The van der Waals surface area contributed by atoms with Crippen LogP contribution >= 0.6 is 0 Å². The number of nitrogens with zero attached hydrogens (tertiary/aromatic N) is 2. The minimum atomic E-state index is -0.285. The summed E-state index contributed by atoms with van der Waals surface area (Å²) < 4.78 is 7.31. The maximum atomic E-state index is 11.9. The van der Waals surface area contributed by atoms with Crippen LogP contribution in [0.3, 0.4) is 0 Å². The average molecular weight is 351 g/mol. The fourth-order valence-corrected chi connectivity index (χ4v) is 2.87. The van der Waals surface area contributed by atoms with Gasteiger partial charge in [-0.05, 0) is 31.5 Å². The van der Waals surface area contributed by atoms with Crippen LogP contribution in [0.5, 0.6) is 11.5 Å². The first-order valence-corrected chi connectivity index (χ1v) is 8.38. The van der Waals surface area contributed by atoms with Crippen molar-refractivity contribution in [2.75, 3.05) is 0 Å². The van der Waals surface area contributed by atoms with Gasteiger partial charge in [0.1, 0.15) is 23.8 Å². The van der Waals surface area contributed by atoms with Gasteiger partial charge in [-0.2, -0.15) is 0 Å². The Kier molecular flexibility index (Phi) is 5.02. The van der Waals surface area contributed by atoms with Gasteiger partial charge in [0.2, 0.25) is 0 Å². The number of hydrogen-bond acceptors (Lipinski definition) is 5. The fraction of sp³-hybridized carbons (Fsp3) is 0.250. The minimum Gasteiger partial charge on any atom is -0.507 e. The van der Waals surface area contributed by atoms with Crippen LogP contribution in [0.15, 0.2) is 41.5 Å². The Morgan fingerprint density at radius 3 is 2.88 bits per heavy atom. The first kappa shape index (κ1) is 17.7. The molecule has 0 amide bonds. The van der Waals surface area contributed by atoms with Crippen molar-refractivity contribution in [2.24, 2.45) is 0 Å². The number of ether oxygens (including phenoxy) is 1. The maximum absolute atomic E-state index is 11.9. The van der Waals surface area contributed by atoms with E-state index in [-0.39, 0.29) is 29.3 Å². The SMILES string of the molecule is CCCc1c(OCc2cccn3c(=O)[c]cnc23)ccc(C(C)=O)c1O. The van der Waals surface area contributed by atoms with Gasteiger partial charge >= 0.3 is 0 Å². The zero-order chi connectivity index (χ0) is 18.7. The highest BCUT2D eigenvalue weighted by molar-refractivity contribution is 5.97. The van der Waals surface area contributed by atoms with Crippen LogP contribution in [0.1, 0.15) is 41.8 Å². The number of fused-ring (bicyclic) bond motifs is 1. The Morgan fingerprint density at radius 2 is 2.15 bits per heavy atom. The monoisotopic (exact) mass is 351 g/mol. The average Bonchev–Trinajstić information content (AvgIpc) is 2.62. The molecule has 0 aliphatic heterocycles. The highest BCUT2D eigenvalue weighted by Crippen LogP contribution is 2.33. The van der Waals surface area contributed by atoms with E-state index in [1.807, 2.05) is 13.0 Å². The lowest BCUT2D eigenvalue weighted by atomic mass is 10.0. The summed E-state index contributed by atoms with van der Waals surface area (Å²) in [5.41, 5.74) is 1.84. The third-order valence-electron chi connectivity index (χ3n) is 4.14. The smallest absolute Gasteiger partial charge is 0.265 e. The third kappa shape index (κ3) is 3.31. The summed E-state index contributed by atoms with van der Waals surface area (Å²) in [4.78, 5) is 27.7. The van der Waals surface area contributed by atoms with E-state index >= 15 is 0 Å². The fourth-order valence-electron chi connectivity index (χ4n) is 2.87. The number of rotatable bonds is 6. The number of carbonyl (C=O) groups excluding carboxylic acids is 1. The number of hydrogen-bond donors (Lipinski definition) is 1. The zero-order valence-electron chi connectivity index (χ0n) is 14.7. The van der Waals surface area contributed by atoms with Crippen molar-refractivity contribution in [3.05, 3.63) is 69.8 Å². The maximum Gasteiger partial charge on any atom is 0.265 e. The number of ketones is 1. The lowest BCUT2D eigenvalue weighted by Crippen LogP contribution is -2.15. The summed E-state index contributed by atoms with van der Waals surface area (Å²) in [6.45, 7) is 3.58. The van der Waals surface area contributed by atoms with E-state index in [1.165, 1.54) is 17.5 Å². The molecule has 0 bridgehead atoms. The molecular formula is C20H19N2O4. The van der Waals surface area contributed by atoms with Crippen molar-refractivity contribution in [1.82, 2.24) is 9.38 Å². The van der Waals surface area contributed by atoms with Gasteiger partial charge < -0.3 is 9.84 Å². The molecule has 133 valence electrons. The van der Waals surface area contributed by atoms with Crippen molar-refractivity contribution < 1.29 is 14.6 Å². The Bertz CT molecular complexity index is 1020. The number of aromatic hydroxyl groups is 1. The van der Waals surface area contributed by atoms with Crippen LogP contribution in [0.25, 0.3) is 5.65 Å². The standard InChI is InChI=1S/C20H19N2O4/c1-3-5-16-17(8-7-15(13(2)23)19(16)25)26-12-14-6-4-11-22-18(24)9-10-21-20(14)22/h4,6-8,10-11,25H,3,5,12H2,1-2H3. The Labute approximate surface area is 150 Å². The van der Waals surface area contributed by atoms with Gasteiger partial charge in [-0.25, -0.2) is 4.98 Å². The summed E-state index contributed by atoms with van der Waals surface area (Å²) >= 11 is 0. The van der Waals surface area contributed by atoms with Crippen molar-refractivity contribution in [3.63, 3.8) is 0 Å². The summed E-state index contributed by atoms with van der Waals surface area (Å²) in [5, 5.41) is 10.4. The molecule has 6 nitrogen and oxygen atoms in total. The second-order valence-electron chi connectivity index (χ2n) is 5.97. The van der Waals surface area contributed by atoms with Gasteiger partial charge in [-0.1, -0.05) is 19.4 Å². The van der Waals surface area contributed by atoms with Crippen molar-refractivity contribution in [1.29, 1.82) is 0 Å². The van der Waals surface area contributed by atoms with Crippen molar-refractivity contribution in [2.45, 2.75) is 33.3 Å². The quantitative estimate of drug-likeness (QED) is 0.691. The molecular weight excluding hydrogens is 332 g/mol. The number of aromatic nitrogens is 2. The van der Waals surface area contributed by atoms with Crippen LogP contribution < -0.4 is 10.3 Å². The molecule has 0 unspecified atom stereocenters. The predicted molar refractivity (Wildman–Crippen MR) is 96.7 cm³/mol. The molecule has 2 aromatic heterocycles. The first-order valence-electron chi connectivity index (χ1n) is 8.38. The number of phenolic OH excluding ortho intramolecular Hbond substituents is 1. The summed E-state index contributed by atoms with van der Waals surface area (Å²) in [6, 6.07) is 9.34. The van der Waals surface area contributed by atoms with Gasteiger partial charge in [0.15, 0.2) is 5.78 Å². The number of phenols is 1. The number of Topliss-reactive ketones (excluding diaryl/α,β-unsaturated/α-hetero) is 1. The van der Waals surface area contributed by atoms with Crippen molar-refractivity contribution >= 4 is 11.4 Å². The first-order chi connectivity index (χ1) is 12.5. The molecule has 2 heterocycles. The number of benzene rings is 1. The van der Waals surface area contributed by atoms with Gasteiger partial charge in [0, 0.05) is 23.5 Å². The molecule has 3 rings (SSSR count). The van der Waals surface area contributed by atoms with Crippen LogP contribution in [-0.4, -0.2) is 20.3 Å². The van der Waals surface area contributed by atoms with E-state index in [0.717, 1.165) is 12.0 Å². The topological polar surface area (TPSA) is 80.9 Å². The minimum absolute atomic E-state index is 0.0290. The van der Waals surface area contributed by atoms with Gasteiger partial charge in [0.05, 0.1) is 11.6 Å². The van der Waals surface area contributed by atoms with Crippen LogP contribution in [0, 0.1) is 6.07 Å². The van der Waals surface area contributed by atoms with Crippen LogP contribution in [0.2, 0.25) is 0 Å². The summed E-state index contributed by atoms with van der Waals surface area (Å²) in [7, 11) is 0. The van der Waals surface area contributed by atoms with Gasteiger partial charge in [0.25, 0.3) is 5.56 Å². The molecule has 0 aliphatic rings. The van der Waals surface area contributed by atoms with Gasteiger partial charge in [-0.15, -0.1) is 0 Å². The molecule has 0 saturated carbocycles. The Hall–Kier alpha value is -3.15. The Morgan fingerprint density at radius 1 is 1.35 bits per heavy atom. The zero-order valence-corrected chi connectivity index (χ0v) is 14.7. The van der Waals surface area contributed by atoms with E-state index in [0.29, 0.717) is 23.4 Å². The molecule has 0 aliphatic carbocycles. The molecule has 1 N–H and O–H groups in total. The third-order valence-corrected chi connectivity index (χ3v) is 4.14. The number of pyridine rings is 1. The molecule has 26 heavy (non-hydrogen) atoms. The number of carbonyl (C=O) groups is 1. The van der Waals surface area contributed by atoms with Crippen molar-refractivity contribution in [3.8, 4) is 11.5 Å².